The molecule has 5 heteroatoms. The van der Waals surface area contributed by atoms with Crippen molar-refractivity contribution in [3.05, 3.63) is 48.0 Å². The number of nitrogens with zero attached hydrogens (tertiary/aromatic N) is 3. The topological polar surface area (TPSA) is 44.4 Å². The Hall–Kier alpha value is -1.85. The lowest BCUT2D eigenvalue weighted by molar-refractivity contribution is 0.121. The molecule has 0 saturated carbocycles. The van der Waals surface area contributed by atoms with E-state index in [0.717, 1.165) is 45.2 Å². The predicted molar refractivity (Wildman–Crippen MR) is 95.1 cm³/mol. The molecule has 5 nitrogen and oxygen atoms in total. The number of ether oxygens (including phenoxy) is 1. The number of imidazole rings is 1. The molecule has 128 valence electrons. The van der Waals surface area contributed by atoms with E-state index in [1.165, 1.54) is 30.5 Å². The first-order valence-corrected chi connectivity index (χ1v) is 9.06. The van der Waals surface area contributed by atoms with Crippen LogP contribution in [0.4, 0.5) is 5.69 Å². The van der Waals surface area contributed by atoms with Gasteiger partial charge in [-0.1, -0.05) is 24.6 Å². The van der Waals surface area contributed by atoms with E-state index in [4.69, 9.17) is 4.74 Å². The number of hydrogen-bond acceptors (Lipinski definition) is 4. The first kappa shape index (κ1) is 15.7. The quantitative estimate of drug-likeness (QED) is 0.938. The number of morpholine rings is 1. The van der Waals surface area contributed by atoms with Crippen LogP contribution in [0, 0.1) is 0 Å². The normalized spacial score (nSPS) is 22.7. The van der Waals surface area contributed by atoms with E-state index < -0.39 is 0 Å². The van der Waals surface area contributed by atoms with Gasteiger partial charge < -0.3 is 14.6 Å². The summed E-state index contributed by atoms with van der Waals surface area (Å²) in [6.07, 6.45) is 7.55. The van der Waals surface area contributed by atoms with Gasteiger partial charge in [-0.15, -0.1) is 0 Å². The van der Waals surface area contributed by atoms with Gasteiger partial charge in [-0.3, -0.25) is 4.90 Å². The summed E-state index contributed by atoms with van der Waals surface area (Å²) < 4.78 is 5.51. The van der Waals surface area contributed by atoms with Crippen LogP contribution >= 0.6 is 0 Å². The van der Waals surface area contributed by atoms with Gasteiger partial charge in [0, 0.05) is 37.7 Å². The summed E-state index contributed by atoms with van der Waals surface area (Å²) in [4.78, 5) is 12.9. The molecule has 3 heterocycles. The van der Waals surface area contributed by atoms with Crippen LogP contribution in [0.3, 0.4) is 0 Å². The summed E-state index contributed by atoms with van der Waals surface area (Å²) in [6, 6.07) is 9.25. The number of nitrogens with one attached hydrogen (secondary N) is 1. The number of aromatic amines is 1. The van der Waals surface area contributed by atoms with Gasteiger partial charge in [0.15, 0.2) is 0 Å². The maximum absolute atomic E-state index is 5.51. The van der Waals surface area contributed by atoms with Gasteiger partial charge in [0.1, 0.15) is 5.82 Å². The van der Waals surface area contributed by atoms with Crippen LogP contribution in [0.5, 0.6) is 0 Å². The Bertz CT molecular complexity index is 637. The molecule has 0 bridgehead atoms. The SMILES string of the molecule is c1ccc(N2CCOCC2)c(CN2CCCCC2c2ncc[nH]2)c1. The van der Waals surface area contributed by atoms with E-state index in [2.05, 4.69) is 44.0 Å². The Morgan fingerprint density at radius 3 is 2.83 bits per heavy atom. The third-order valence-electron chi connectivity index (χ3n) is 5.17. The maximum atomic E-state index is 5.51. The van der Waals surface area contributed by atoms with Gasteiger partial charge in [0.2, 0.25) is 0 Å². The zero-order valence-electron chi connectivity index (χ0n) is 14.2. The summed E-state index contributed by atoms with van der Waals surface area (Å²) >= 11 is 0. The first-order chi connectivity index (χ1) is 11.9. The molecular weight excluding hydrogens is 300 g/mol. The molecule has 0 amide bonds. The van der Waals surface area contributed by atoms with Crippen molar-refractivity contribution in [2.75, 3.05) is 37.7 Å². The van der Waals surface area contributed by atoms with Crippen molar-refractivity contribution in [1.29, 1.82) is 0 Å². The smallest absolute Gasteiger partial charge is 0.123 e. The lowest BCUT2D eigenvalue weighted by Crippen LogP contribution is -2.38. The van der Waals surface area contributed by atoms with Crippen LogP contribution in [0.15, 0.2) is 36.7 Å². The second-order valence-corrected chi connectivity index (χ2v) is 6.68. The molecule has 2 aliphatic rings. The number of likely N-dealkylation sites (tertiary alicyclic amines) is 1. The molecule has 1 aromatic carbocycles. The molecule has 24 heavy (non-hydrogen) atoms. The Labute approximate surface area is 143 Å². The van der Waals surface area contributed by atoms with Crippen LogP contribution in [-0.2, 0) is 11.3 Å². The van der Waals surface area contributed by atoms with Gasteiger partial charge in [-0.05, 0) is 31.0 Å². The molecule has 2 aliphatic heterocycles. The fourth-order valence-electron chi connectivity index (χ4n) is 3.93. The van der Waals surface area contributed by atoms with E-state index in [9.17, 15) is 0 Å². The molecule has 2 aromatic rings. The van der Waals surface area contributed by atoms with E-state index in [-0.39, 0.29) is 0 Å². The fourth-order valence-corrected chi connectivity index (χ4v) is 3.93. The van der Waals surface area contributed by atoms with Gasteiger partial charge in [0.05, 0.1) is 19.3 Å². The third-order valence-corrected chi connectivity index (χ3v) is 5.17. The van der Waals surface area contributed by atoms with Crippen molar-refractivity contribution < 1.29 is 4.74 Å². The molecular formula is C19H26N4O. The number of hydrogen-bond donors (Lipinski definition) is 1. The highest BCUT2D eigenvalue weighted by Gasteiger charge is 2.27. The maximum Gasteiger partial charge on any atom is 0.123 e. The molecule has 1 unspecified atom stereocenters. The molecule has 2 fully saturated rings. The van der Waals surface area contributed by atoms with Crippen molar-refractivity contribution in [2.24, 2.45) is 0 Å². The second-order valence-electron chi connectivity index (χ2n) is 6.68. The Morgan fingerprint density at radius 1 is 1.12 bits per heavy atom. The molecule has 2 saturated heterocycles. The summed E-state index contributed by atoms with van der Waals surface area (Å²) in [5, 5.41) is 0. The molecule has 1 aromatic heterocycles. The van der Waals surface area contributed by atoms with Gasteiger partial charge in [0.25, 0.3) is 0 Å². The predicted octanol–water partition coefficient (Wildman–Crippen LogP) is 2.97. The van der Waals surface area contributed by atoms with Crippen molar-refractivity contribution in [1.82, 2.24) is 14.9 Å². The summed E-state index contributed by atoms with van der Waals surface area (Å²) in [7, 11) is 0. The monoisotopic (exact) mass is 326 g/mol. The molecule has 4 rings (SSSR count). The minimum absolute atomic E-state index is 0.409. The standard InChI is InChI=1S/C19H26N4O/c1-2-6-17(22-11-13-24-14-12-22)16(5-1)15-23-10-4-3-7-18(23)19-20-8-9-21-19/h1-2,5-6,8-9,18H,3-4,7,10-15H2,(H,20,21). The van der Waals surface area contributed by atoms with Gasteiger partial charge >= 0.3 is 0 Å². The molecule has 0 radical (unpaired) electrons. The lowest BCUT2D eigenvalue weighted by Gasteiger charge is -2.36. The highest BCUT2D eigenvalue weighted by molar-refractivity contribution is 5.54. The average Bonchev–Trinajstić information content (AvgIpc) is 3.18. The van der Waals surface area contributed by atoms with Crippen LogP contribution < -0.4 is 4.90 Å². The number of benzene rings is 1. The Morgan fingerprint density at radius 2 is 2.00 bits per heavy atom. The van der Waals surface area contributed by atoms with E-state index in [1.807, 2.05) is 12.4 Å². The lowest BCUT2D eigenvalue weighted by atomic mass is 10.00. The van der Waals surface area contributed by atoms with Crippen molar-refractivity contribution in [2.45, 2.75) is 31.8 Å². The number of para-hydroxylation sites is 1. The Kier molecular flexibility index (Phi) is 4.81. The summed E-state index contributed by atoms with van der Waals surface area (Å²) in [5.74, 6) is 1.11. The summed E-state index contributed by atoms with van der Waals surface area (Å²) in [6.45, 7) is 5.75. The van der Waals surface area contributed by atoms with Crippen LogP contribution in [-0.4, -0.2) is 47.7 Å². The van der Waals surface area contributed by atoms with E-state index in [0.29, 0.717) is 6.04 Å². The fraction of sp³-hybridized carbons (Fsp3) is 0.526. The Balaban J connectivity index is 1.55. The number of piperidine rings is 1. The zero-order valence-corrected chi connectivity index (χ0v) is 14.2. The highest BCUT2D eigenvalue weighted by atomic mass is 16.5. The van der Waals surface area contributed by atoms with Crippen molar-refractivity contribution in [3.63, 3.8) is 0 Å². The average molecular weight is 326 g/mol. The number of rotatable bonds is 4. The minimum Gasteiger partial charge on any atom is -0.378 e. The van der Waals surface area contributed by atoms with Crippen molar-refractivity contribution >= 4 is 5.69 Å². The number of aromatic nitrogens is 2. The van der Waals surface area contributed by atoms with Crippen LogP contribution in [0.25, 0.3) is 0 Å². The van der Waals surface area contributed by atoms with Gasteiger partial charge in [-0.25, -0.2) is 4.98 Å². The molecule has 0 spiro atoms. The van der Waals surface area contributed by atoms with Crippen LogP contribution in [0.2, 0.25) is 0 Å². The van der Waals surface area contributed by atoms with Crippen molar-refractivity contribution in [3.8, 4) is 0 Å². The third kappa shape index (κ3) is 3.32. The first-order valence-electron chi connectivity index (χ1n) is 9.06. The molecule has 0 aliphatic carbocycles. The van der Waals surface area contributed by atoms with E-state index in [1.54, 1.807) is 0 Å². The van der Waals surface area contributed by atoms with Gasteiger partial charge in [-0.2, -0.15) is 0 Å². The molecule has 1 N–H and O–H groups in total. The largest absolute Gasteiger partial charge is 0.378 e. The summed E-state index contributed by atoms with van der Waals surface area (Å²) in [5.41, 5.74) is 2.78. The zero-order chi connectivity index (χ0) is 16.2. The molecule has 1 atom stereocenters. The number of anilines is 1. The van der Waals surface area contributed by atoms with E-state index >= 15 is 0 Å². The minimum atomic E-state index is 0.409. The van der Waals surface area contributed by atoms with Crippen LogP contribution in [0.1, 0.15) is 36.7 Å². The highest BCUT2D eigenvalue weighted by Crippen LogP contribution is 2.32. The second kappa shape index (κ2) is 7.36. The number of H-pyrrole nitrogens is 1.